The summed E-state index contributed by atoms with van der Waals surface area (Å²) in [5.41, 5.74) is 1.87. The first-order valence-electron chi connectivity index (χ1n) is 11.0. The number of hydrogen-bond donors (Lipinski definition) is 0. The average Bonchev–Trinajstić information content (AvgIpc) is 3.56. The number of benzene rings is 2. The van der Waals surface area contributed by atoms with Crippen molar-refractivity contribution in [1.29, 1.82) is 0 Å². The molecular weight excluding hydrogens is 360 g/mol. The van der Waals surface area contributed by atoms with Crippen LogP contribution >= 0.6 is 0 Å². The van der Waals surface area contributed by atoms with Gasteiger partial charge in [0, 0.05) is 0 Å². The van der Waals surface area contributed by atoms with E-state index in [9.17, 15) is 4.79 Å². The molecule has 1 aliphatic heterocycles. The number of methoxy groups -OCH3 is 1. The highest BCUT2D eigenvalue weighted by Crippen LogP contribution is 2.53. The fraction of sp³-hybridized carbons (Fsp3) is 0.500. The van der Waals surface area contributed by atoms with Crippen LogP contribution in [-0.4, -0.2) is 19.5 Å². The van der Waals surface area contributed by atoms with Crippen LogP contribution in [0.2, 0.25) is 0 Å². The lowest BCUT2D eigenvalue weighted by molar-refractivity contribution is -0.124. The van der Waals surface area contributed by atoms with Crippen molar-refractivity contribution >= 4 is 5.78 Å². The fourth-order valence-electron chi connectivity index (χ4n) is 5.36. The van der Waals surface area contributed by atoms with Gasteiger partial charge in [0.1, 0.15) is 17.1 Å². The Labute approximate surface area is 174 Å². The van der Waals surface area contributed by atoms with Crippen molar-refractivity contribution < 1.29 is 14.3 Å². The summed E-state index contributed by atoms with van der Waals surface area (Å²) in [7, 11) is 1.69. The van der Waals surface area contributed by atoms with E-state index in [2.05, 4.69) is 24.3 Å². The molecule has 3 unspecified atom stereocenters. The number of ketones is 1. The topological polar surface area (TPSA) is 38.8 Å². The average molecular weight is 393 g/mol. The molecule has 0 amide bonds. The van der Waals surface area contributed by atoms with E-state index in [1.807, 2.05) is 30.3 Å². The normalized spacial score (nSPS) is 23.9. The molecule has 154 valence electrons. The van der Waals surface area contributed by atoms with Crippen molar-refractivity contribution in [2.45, 2.75) is 57.0 Å². The molecule has 1 saturated carbocycles. The lowest BCUT2D eigenvalue weighted by Crippen LogP contribution is -2.35. The van der Waals surface area contributed by atoms with Crippen molar-refractivity contribution in [3.05, 3.63) is 65.7 Å². The Morgan fingerprint density at radius 2 is 1.72 bits per heavy atom. The van der Waals surface area contributed by atoms with Gasteiger partial charge in [-0.1, -0.05) is 74.6 Å². The zero-order valence-corrected chi connectivity index (χ0v) is 17.6. The fourth-order valence-corrected chi connectivity index (χ4v) is 5.36. The molecule has 0 N–H and O–H groups in total. The Kier molecular flexibility index (Phi) is 6.05. The summed E-state index contributed by atoms with van der Waals surface area (Å²) in [6, 6.07) is 18.6. The molecule has 1 aliphatic carbocycles. The molecule has 3 heteroatoms. The second-order valence-corrected chi connectivity index (χ2v) is 8.75. The Bertz CT molecular complexity index is 802. The molecule has 2 aliphatic rings. The van der Waals surface area contributed by atoms with Crippen molar-refractivity contribution in [1.82, 2.24) is 0 Å². The van der Waals surface area contributed by atoms with Gasteiger partial charge in [-0.05, 0) is 48.4 Å². The number of carbonyl (C=O) groups excluding carboxylic acids is 1. The zero-order chi connectivity index (χ0) is 20.3. The van der Waals surface area contributed by atoms with Crippen LogP contribution in [0.4, 0.5) is 0 Å². The Balaban J connectivity index is 1.71. The maximum absolute atomic E-state index is 13.1. The van der Waals surface area contributed by atoms with E-state index in [-0.39, 0.29) is 17.6 Å². The van der Waals surface area contributed by atoms with E-state index in [4.69, 9.17) is 9.47 Å². The van der Waals surface area contributed by atoms with Gasteiger partial charge in [0.25, 0.3) is 0 Å². The molecule has 0 spiro atoms. The van der Waals surface area contributed by atoms with E-state index >= 15 is 0 Å². The van der Waals surface area contributed by atoms with Crippen LogP contribution < -0.4 is 4.74 Å². The summed E-state index contributed by atoms with van der Waals surface area (Å²) in [5.74, 6) is 1.75. The second-order valence-electron chi connectivity index (χ2n) is 8.75. The summed E-state index contributed by atoms with van der Waals surface area (Å²) in [4.78, 5) is 13.1. The predicted molar refractivity (Wildman–Crippen MR) is 115 cm³/mol. The molecule has 1 saturated heterocycles. The van der Waals surface area contributed by atoms with Crippen LogP contribution in [0.25, 0.3) is 0 Å². The van der Waals surface area contributed by atoms with Crippen molar-refractivity contribution in [2.75, 3.05) is 13.7 Å². The van der Waals surface area contributed by atoms with E-state index in [1.54, 1.807) is 14.0 Å². The smallest absolute Gasteiger partial charge is 0.136 e. The minimum Gasteiger partial charge on any atom is -0.497 e. The lowest BCUT2D eigenvalue weighted by atomic mass is 9.68. The van der Waals surface area contributed by atoms with E-state index in [0.717, 1.165) is 17.7 Å². The standard InChI is InChI=1S/C26H32O3/c1-19(27)25(26(18-29-26)22-11-7-4-8-12-22)24(17-20-9-5-3-6-10-20)21-13-15-23(28-2)16-14-21/h4,7-8,11-16,20,24-25H,3,5-6,9-10,17-18H2,1-2H3. The number of carbonyl (C=O) groups is 1. The van der Waals surface area contributed by atoms with Gasteiger partial charge in [0.15, 0.2) is 0 Å². The van der Waals surface area contributed by atoms with Crippen LogP contribution in [0.3, 0.4) is 0 Å². The summed E-state index contributed by atoms with van der Waals surface area (Å²) in [5, 5.41) is 0. The molecule has 1 heterocycles. The molecule has 2 aromatic rings. The first kappa shape index (κ1) is 20.2. The molecule has 0 aromatic heterocycles. The number of ether oxygens (including phenoxy) is 2. The van der Waals surface area contributed by atoms with Crippen LogP contribution in [0.5, 0.6) is 5.75 Å². The minimum atomic E-state index is -0.480. The Hall–Kier alpha value is -2.13. The monoisotopic (exact) mass is 392 g/mol. The number of epoxide rings is 1. The quantitative estimate of drug-likeness (QED) is 0.527. The maximum Gasteiger partial charge on any atom is 0.136 e. The van der Waals surface area contributed by atoms with Gasteiger partial charge in [-0.2, -0.15) is 0 Å². The summed E-state index contributed by atoms with van der Waals surface area (Å²) in [6.07, 6.45) is 7.56. The SMILES string of the molecule is COc1ccc(C(CC2CCCCC2)C(C(C)=O)C2(c3ccccc3)CO2)cc1. The third-order valence-electron chi connectivity index (χ3n) is 6.92. The Morgan fingerprint density at radius 1 is 1.07 bits per heavy atom. The first-order chi connectivity index (χ1) is 14.1. The van der Waals surface area contributed by atoms with Crippen LogP contribution in [0.15, 0.2) is 54.6 Å². The number of hydrogen-bond acceptors (Lipinski definition) is 3. The van der Waals surface area contributed by atoms with E-state index in [0.29, 0.717) is 12.5 Å². The molecule has 0 bridgehead atoms. The summed E-state index contributed by atoms with van der Waals surface area (Å²) in [6.45, 7) is 2.37. The minimum absolute atomic E-state index is 0.157. The van der Waals surface area contributed by atoms with Crippen molar-refractivity contribution in [3.63, 3.8) is 0 Å². The molecular formula is C26H32O3. The third-order valence-corrected chi connectivity index (χ3v) is 6.92. The maximum atomic E-state index is 13.1. The van der Waals surface area contributed by atoms with Crippen LogP contribution in [-0.2, 0) is 15.1 Å². The third kappa shape index (κ3) is 4.25. The van der Waals surface area contributed by atoms with E-state index in [1.165, 1.54) is 37.7 Å². The summed E-state index contributed by atoms with van der Waals surface area (Å²) >= 11 is 0. The van der Waals surface area contributed by atoms with Gasteiger partial charge in [-0.15, -0.1) is 0 Å². The highest BCUT2D eigenvalue weighted by Gasteiger charge is 2.57. The number of Topliss-reactive ketones (excluding diaryl/α,β-unsaturated/α-hetero) is 1. The van der Waals surface area contributed by atoms with Gasteiger partial charge in [-0.25, -0.2) is 0 Å². The molecule has 29 heavy (non-hydrogen) atoms. The van der Waals surface area contributed by atoms with Gasteiger partial charge >= 0.3 is 0 Å². The Morgan fingerprint density at radius 3 is 2.28 bits per heavy atom. The summed E-state index contributed by atoms with van der Waals surface area (Å²) < 4.78 is 11.5. The zero-order valence-electron chi connectivity index (χ0n) is 17.6. The molecule has 2 fully saturated rings. The van der Waals surface area contributed by atoms with Crippen molar-refractivity contribution in [3.8, 4) is 5.75 Å². The molecule has 2 aromatic carbocycles. The van der Waals surface area contributed by atoms with Crippen LogP contribution in [0.1, 0.15) is 62.5 Å². The largest absolute Gasteiger partial charge is 0.497 e. The van der Waals surface area contributed by atoms with Crippen molar-refractivity contribution in [2.24, 2.45) is 11.8 Å². The van der Waals surface area contributed by atoms with Gasteiger partial charge in [0.05, 0.1) is 19.6 Å². The van der Waals surface area contributed by atoms with Gasteiger partial charge in [0.2, 0.25) is 0 Å². The van der Waals surface area contributed by atoms with Gasteiger partial charge in [-0.3, -0.25) is 4.79 Å². The molecule has 4 rings (SSSR count). The van der Waals surface area contributed by atoms with Gasteiger partial charge < -0.3 is 9.47 Å². The molecule has 0 radical (unpaired) electrons. The highest BCUT2D eigenvalue weighted by atomic mass is 16.6. The van der Waals surface area contributed by atoms with Crippen LogP contribution in [0, 0.1) is 11.8 Å². The highest BCUT2D eigenvalue weighted by molar-refractivity contribution is 5.81. The predicted octanol–water partition coefficient (Wildman–Crippen LogP) is 5.88. The second kappa shape index (κ2) is 8.71. The number of rotatable bonds is 8. The molecule has 3 nitrogen and oxygen atoms in total. The molecule has 3 atom stereocenters. The first-order valence-corrected chi connectivity index (χ1v) is 11.0. The lowest BCUT2D eigenvalue weighted by Gasteiger charge is -2.34. The van der Waals surface area contributed by atoms with E-state index < -0.39 is 5.60 Å².